The number of amides is 2. The van der Waals surface area contributed by atoms with Gasteiger partial charge in [0, 0.05) is 19.2 Å². The predicted octanol–water partition coefficient (Wildman–Crippen LogP) is 3.67. The Balaban J connectivity index is 1.63. The number of anilines is 2. The van der Waals surface area contributed by atoms with Gasteiger partial charge in [-0.3, -0.25) is 14.3 Å². The maximum Gasteiger partial charge on any atom is 0.416 e. The van der Waals surface area contributed by atoms with Crippen molar-refractivity contribution in [2.75, 3.05) is 16.8 Å². The molecule has 156 valence electrons. The molecule has 30 heavy (non-hydrogen) atoms. The van der Waals surface area contributed by atoms with Gasteiger partial charge in [-0.1, -0.05) is 0 Å². The minimum atomic E-state index is -4.47. The summed E-state index contributed by atoms with van der Waals surface area (Å²) < 4.78 is 45.0. The lowest BCUT2D eigenvalue weighted by atomic mass is 10.1. The van der Waals surface area contributed by atoms with E-state index in [1.165, 1.54) is 34.2 Å². The molecule has 1 atom stereocenters. The molecule has 1 aliphatic heterocycles. The molecule has 0 saturated heterocycles. The fraction of sp³-hybridized carbons (Fsp3) is 0.263. The Bertz CT molecular complexity index is 1120. The third-order valence-electron chi connectivity index (χ3n) is 4.71. The largest absolute Gasteiger partial charge is 0.448 e. The highest BCUT2D eigenvalue weighted by atomic mass is 19.4. The molecule has 1 aliphatic rings. The average Bonchev–Trinajstić information content (AvgIpc) is 3.31. The summed E-state index contributed by atoms with van der Waals surface area (Å²) in [7, 11) is 0. The Morgan fingerprint density at radius 2 is 1.97 bits per heavy atom. The number of nitrogens with zero attached hydrogens (tertiary/aromatic N) is 4. The number of hydrogen-bond donors (Lipinski definition) is 1. The molecular formula is C19H16F3N5O3. The molecule has 0 saturated carbocycles. The van der Waals surface area contributed by atoms with Crippen molar-refractivity contribution in [3.63, 3.8) is 0 Å². The van der Waals surface area contributed by atoms with Gasteiger partial charge in [0.05, 0.1) is 23.5 Å². The number of halogens is 3. The van der Waals surface area contributed by atoms with E-state index in [2.05, 4.69) is 15.4 Å². The predicted molar refractivity (Wildman–Crippen MR) is 99.3 cm³/mol. The second-order valence-corrected chi connectivity index (χ2v) is 6.87. The molecule has 0 bridgehead atoms. The number of carbonyl (C=O) groups excluding carboxylic acids is 2. The molecule has 3 aromatic rings. The molecule has 11 heteroatoms. The van der Waals surface area contributed by atoms with E-state index in [1.807, 2.05) is 6.92 Å². The first-order valence-electron chi connectivity index (χ1n) is 8.95. The highest BCUT2D eigenvalue weighted by Gasteiger charge is 2.35. The quantitative estimate of drug-likeness (QED) is 0.699. The topological polar surface area (TPSA) is 93.3 Å². The number of rotatable bonds is 3. The number of aryl methyl sites for hydroxylation is 1. The normalized spacial score (nSPS) is 16.5. The summed E-state index contributed by atoms with van der Waals surface area (Å²) in [6.07, 6.45) is -1.92. The molecule has 2 aromatic heterocycles. The molecule has 0 spiro atoms. The number of hydrogen-bond acceptors (Lipinski definition) is 5. The summed E-state index contributed by atoms with van der Waals surface area (Å²) in [5.74, 6) is -0.748. The minimum Gasteiger partial charge on any atom is -0.448 e. The lowest BCUT2D eigenvalue weighted by molar-refractivity contribution is -0.137. The van der Waals surface area contributed by atoms with Crippen LogP contribution >= 0.6 is 0 Å². The molecular weight excluding hydrogens is 403 g/mol. The van der Waals surface area contributed by atoms with Crippen molar-refractivity contribution in [2.45, 2.75) is 26.1 Å². The van der Waals surface area contributed by atoms with Gasteiger partial charge in [0.2, 0.25) is 0 Å². The highest BCUT2D eigenvalue weighted by molar-refractivity contribution is 6.12. The van der Waals surface area contributed by atoms with Crippen molar-refractivity contribution in [2.24, 2.45) is 0 Å². The molecule has 1 aromatic carbocycles. The van der Waals surface area contributed by atoms with Gasteiger partial charge in [0.1, 0.15) is 6.26 Å². The van der Waals surface area contributed by atoms with Crippen LogP contribution in [0.25, 0.3) is 0 Å². The molecule has 0 radical (unpaired) electrons. The fourth-order valence-electron chi connectivity index (χ4n) is 3.26. The standard InChI is InChI=1S/C19H16F3N5O3/c1-10-8-26(13-5-3-12(4-6-13)19(20,21)22)18(29)16-14(7-23-27(10)16)25-17(28)15-9-30-11(2)24-15/h3-7,9-10H,8H2,1-2H3,(H,25,28)/t10-/m0/s1. The van der Waals surface area contributed by atoms with E-state index in [4.69, 9.17) is 4.42 Å². The summed E-state index contributed by atoms with van der Waals surface area (Å²) >= 11 is 0. The van der Waals surface area contributed by atoms with E-state index in [0.29, 0.717) is 11.6 Å². The zero-order valence-corrected chi connectivity index (χ0v) is 15.9. The Kier molecular flexibility index (Phi) is 4.60. The molecule has 0 aliphatic carbocycles. The van der Waals surface area contributed by atoms with Crippen molar-refractivity contribution in [3.05, 3.63) is 59.6 Å². The van der Waals surface area contributed by atoms with Gasteiger partial charge in [-0.2, -0.15) is 18.3 Å². The number of oxazole rings is 1. The van der Waals surface area contributed by atoms with Gasteiger partial charge in [0.25, 0.3) is 11.8 Å². The zero-order valence-electron chi connectivity index (χ0n) is 15.9. The number of carbonyl (C=O) groups is 2. The third-order valence-corrected chi connectivity index (χ3v) is 4.71. The van der Waals surface area contributed by atoms with Crippen molar-refractivity contribution in [1.29, 1.82) is 0 Å². The molecule has 0 fully saturated rings. The number of aromatic nitrogens is 3. The van der Waals surface area contributed by atoms with E-state index in [-0.39, 0.29) is 29.7 Å². The second kappa shape index (κ2) is 7.01. The van der Waals surface area contributed by atoms with Crippen LogP contribution in [0.4, 0.5) is 24.5 Å². The van der Waals surface area contributed by atoms with Crippen LogP contribution in [0.1, 0.15) is 45.4 Å². The van der Waals surface area contributed by atoms with Crippen LogP contribution in [0.15, 0.2) is 41.1 Å². The Morgan fingerprint density at radius 1 is 1.27 bits per heavy atom. The monoisotopic (exact) mass is 419 g/mol. The van der Waals surface area contributed by atoms with E-state index in [1.54, 1.807) is 6.92 Å². The molecule has 8 nitrogen and oxygen atoms in total. The zero-order chi connectivity index (χ0) is 21.6. The summed E-state index contributed by atoms with van der Waals surface area (Å²) in [5, 5.41) is 6.77. The summed E-state index contributed by atoms with van der Waals surface area (Å²) in [6, 6.07) is 4.08. The first-order chi connectivity index (χ1) is 14.1. The lowest BCUT2D eigenvalue weighted by Gasteiger charge is -2.32. The Labute approximate surface area is 168 Å². The summed E-state index contributed by atoms with van der Waals surface area (Å²) in [5.41, 5.74) is -0.138. The number of nitrogens with one attached hydrogen (secondary N) is 1. The highest BCUT2D eigenvalue weighted by Crippen LogP contribution is 2.33. The van der Waals surface area contributed by atoms with Crippen LogP contribution in [0.3, 0.4) is 0 Å². The SMILES string of the molecule is Cc1nc(C(=O)Nc2cnn3c2C(=O)N(c2ccc(C(F)(F)F)cc2)C[C@@H]3C)co1. The van der Waals surface area contributed by atoms with Crippen LogP contribution in [0.5, 0.6) is 0 Å². The maximum absolute atomic E-state index is 13.1. The number of alkyl halides is 3. The fourth-order valence-corrected chi connectivity index (χ4v) is 3.26. The van der Waals surface area contributed by atoms with Gasteiger partial charge in [-0.25, -0.2) is 4.98 Å². The molecule has 4 rings (SSSR count). The van der Waals surface area contributed by atoms with Crippen molar-refractivity contribution >= 4 is 23.2 Å². The van der Waals surface area contributed by atoms with Gasteiger partial charge in [-0.15, -0.1) is 0 Å². The van der Waals surface area contributed by atoms with Crippen LogP contribution in [0, 0.1) is 6.92 Å². The first kappa shape index (κ1) is 19.7. The number of fused-ring (bicyclic) bond motifs is 1. The van der Waals surface area contributed by atoms with Gasteiger partial charge in [0.15, 0.2) is 17.3 Å². The number of benzene rings is 1. The molecule has 1 N–H and O–H groups in total. The smallest absolute Gasteiger partial charge is 0.416 e. The maximum atomic E-state index is 13.1. The van der Waals surface area contributed by atoms with Crippen LogP contribution < -0.4 is 10.2 Å². The van der Waals surface area contributed by atoms with Crippen LogP contribution in [0.2, 0.25) is 0 Å². The van der Waals surface area contributed by atoms with E-state index < -0.39 is 23.6 Å². The second-order valence-electron chi connectivity index (χ2n) is 6.87. The minimum absolute atomic E-state index is 0.0448. The van der Waals surface area contributed by atoms with Gasteiger partial charge >= 0.3 is 6.18 Å². The van der Waals surface area contributed by atoms with E-state index in [9.17, 15) is 22.8 Å². The van der Waals surface area contributed by atoms with Crippen molar-refractivity contribution < 1.29 is 27.2 Å². The molecule has 2 amide bonds. The van der Waals surface area contributed by atoms with E-state index in [0.717, 1.165) is 12.1 Å². The summed E-state index contributed by atoms with van der Waals surface area (Å²) in [6.45, 7) is 3.62. The Morgan fingerprint density at radius 3 is 2.57 bits per heavy atom. The molecule has 0 unspecified atom stereocenters. The van der Waals surface area contributed by atoms with E-state index >= 15 is 0 Å². The average molecular weight is 419 g/mol. The lowest BCUT2D eigenvalue weighted by Crippen LogP contribution is -2.43. The Hall–Kier alpha value is -3.63. The van der Waals surface area contributed by atoms with Gasteiger partial charge in [-0.05, 0) is 31.2 Å². The van der Waals surface area contributed by atoms with Gasteiger partial charge < -0.3 is 14.6 Å². The molecule has 3 heterocycles. The van der Waals surface area contributed by atoms with Crippen molar-refractivity contribution in [3.8, 4) is 0 Å². The van der Waals surface area contributed by atoms with Crippen LogP contribution in [-0.4, -0.2) is 33.1 Å². The van der Waals surface area contributed by atoms with Crippen LogP contribution in [-0.2, 0) is 6.18 Å². The summed E-state index contributed by atoms with van der Waals surface area (Å²) in [4.78, 5) is 30.8. The van der Waals surface area contributed by atoms with Crippen molar-refractivity contribution in [1.82, 2.24) is 14.8 Å². The third kappa shape index (κ3) is 3.42. The first-order valence-corrected chi connectivity index (χ1v) is 8.95.